The maximum Gasteiger partial charge on any atom is 0.264 e. The third-order valence-corrected chi connectivity index (χ3v) is 10.3. The van der Waals surface area contributed by atoms with Gasteiger partial charge in [-0.1, -0.05) is 91.9 Å². The molecule has 1 saturated carbocycles. The van der Waals surface area contributed by atoms with Crippen LogP contribution in [0.25, 0.3) is 0 Å². The fourth-order valence-corrected chi connectivity index (χ4v) is 7.04. The molecule has 0 aliphatic heterocycles. The molecule has 0 aromatic heterocycles. The van der Waals surface area contributed by atoms with Crippen LogP contribution >= 0.6 is 23.2 Å². The largest absolute Gasteiger partial charge is 0.352 e. The highest BCUT2D eigenvalue weighted by molar-refractivity contribution is 7.92. The number of aryl methyl sites for hydroxylation is 1. The van der Waals surface area contributed by atoms with E-state index in [2.05, 4.69) is 5.32 Å². The van der Waals surface area contributed by atoms with Crippen molar-refractivity contribution in [3.8, 4) is 0 Å². The topological polar surface area (TPSA) is 86.8 Å². The number of carbonyl (C=O) groups excluding carboxylic acids is 2. The SMILES string of the molecule is CC[C@@H](C(=O)NC1CCCCC1)N(Cc1ccccc1C)C(=O)CN(c1ccc(Cl)c(Cl)c1)S(=O)(=O)c1ccccc1. The summed E-state index contributed by atoms with van der Waals surface area (Å²) in [7, 11) is -4.19. The predicted molar refractivity (Wildman–Crippen MR) is 168 cm³/mol. The van der Waals surface area contributed by atoms with E-state index >= 15 is 0 Å². The van der Waals surface area contributed by atoms with Crippen molar-refractivity contribution < 1.29 is 18.0 Å². The molecule has 4 rings (SSSR count). The van der Waals surface area contributed by atoms with Crippen molar-refractivity contribution in [2.45, 2.75) is 75.9 Å². The van der Waals surface area contributed by atoms with Gasteiger partial charge in [-0.2, -0.15) is 0 Å². The quantitative estimate of drug-likeness (QED) is 0.254. The number of halogens is 2. The number of benzene rings is 3. The van der Waals surface area contributed by atoms with Gasteiger partial charge in [0.05, 0.1) is 20.6 Å². The van der Waals surface area contributed by atoms with E-state index in [4.69, 9.17) is 23.2 Å². The van der Waals surface area contributed by atoms with Gasteiger partial charge in [0, 0.05) is 12.6 Å². The van der Waals surface area contributed by atoms with E-state index in [9.17, 15) is 18.0 Å². The standard InChI is InChI=1S/C32H37Cl2N3O4S/c1-3-30(32(39)35-25-14-6-4-7-15-25)36(21-24-13-11-10-12-23(24)2)31(38)22-37(26-18-19-28(33)29(34)20-26)42(40,41)27-16-8-5-9-17-27/h5,8-13,16-20,25,30H,3-4,6-7,14-15,21-22H2,1-2H3,(H,35,39)/t30-/m0/s1. The monoisotopic (exact) mass is 629 g/mol. The molecule has 1 fully saturated rings. The average Bonchev–Trinajstić information content (AvgIpc) is 2.99. The van der Waals surface area contributed by atoms with Crippen LogP contribution in [0.3, 0.4) is 0 Å². The van der Waals surface area contributed by atoms with E-state index in [-0.39, 0.29) is 39.1 Å². The van der Waals surface area contributed by atoms with Crippen molar-refractivity contribution in [3.63, 3.8) is 0 Å². The van der Waals surface area contributed by atoms with Crippen molar-refractivity contribution >= 4 is 50.7 Å². The first-order valence-corrected chi connectivity index (χ1v) is 16.5. The van der Waals surface area contributed by atoms with Gasteiger partial charge in [-0.3, -0.25) is 13.9 Å². The minimum absolute atomic E-state index is 0.0245. The van der Waals surface area contributed by atoms with Crippen molar-refractivity contribution in [2.24, 2.45) is 0 Å². The molecule has 10 heteroatoms. The Balaban J connectivity index is 1.72. The van der Waals surface area contributed by atoms with E-state index < -0.39 is 28.5 Å². The van der Waals surface area contributed by atoms with Gasteiger partial charge in [-0.15, -0.1) is 0 Å². The van der Waals surface area contributed by atoms with E-state index in [0.29, 0.717) is 6.42 Å². The van der Waals surface area contributed by atoms with Crippen LogP contribution < -0.4 is 9.62 Å². The Morgan fingerprint density at radius 3 is 2.24 bits per heavy atom. The molecule has 1 atom stereocenters. The predicted octanol–water partition coefficient (Wildman–Crippen LogP) is 6.75. The molecule has 1 aliphatic carbocycles. The normalized spacial score (nSPS) is 14.7. The van der Waals surface area contributed by atoms with Crippen molar-refractivity contribution in [1.29, 1.82) is 0 Å². The van der Waals surface area contributed by atoms with Crippen molar-refractivity contribution in [3.05, 3.63) is 94.0 Å². The summed E-state index contributed by atoms with van der Waals surface area (Å²) in [5.74, 6) is -0.729. The van der Waals surface area contributed by atoms with Gasteiger partial charge in [-0.05, 0) is 67.6 Å². The number of carbonyl (C=O) groups is 2. The summed E-state index contributed by atoms with van der Waals surface area (Å²) in [6.07, 6.45) is 5.46. The fourth-order valence-electron chi connectivity index (χ4n) is 5.32. The summed E-state index contributed by atoms with van der Waals surface area (Å²) in [4.78, 5) is 29.4. The third-order valence-electron chi connectivity index (χ3n) is 7.74. The van der Waals surface area contributed by atoms with Gasteiger partial charge in [0.25, 0.3) is 10.0 Å². The molecule has 7 nitrogen and oxygen atoms in total. The minimum Gasteiger partial charge on any atom is -0.352 e. The lowest BCUT2D eigenvalue weighted by Gasteiger charge is -2.34. The van der Waals surface area contributed by atoms with Crippen LogP contribution in [0, 0.1) is 6.92 Å². The van der Waals surface area contributed by atoms with Gasteiger partial charge in [0.1, 0.15) is 12.6 Å². The fraction of sp³-hybridized carbons (Fsp3) is 0.375. The van der Waals surface area contributed by atoms with Crippen LogP contribution in [0.4, 0.5) is 5.69 Å². The molecule has 2 amide bonds. The number of hydrogen-bond donors (Lipinski definition) is 1. The Morgan fingerprint density at radius 2 is 1.60 bits per heavy atom. The van der Waals surface area contributed by atoms with E-state index in [1.165, 1.54) is 35.2 Å². The Morgan fingerprint density at radius 1 is 0.929 bits per heavy atom. The molecule has 0 heterocycles. The number of anilines is 1. The zero-order chi connectivity index (χ0) is 30.3. The summed E-state index contributed by atoms with van der Waals surface area (Å²) < 4.78 is 28.9. The first kappa shape index (κ1) is 31.9. The van der Waals surface area contributed by atoms with Crippen LogP contribution in [0.15, 0.2) is 77.7 Å². The molecule has 1 N–H and O–H groups in total. The summed E-state index contributed by atoms with van der Waals surface area (Å²) in [6, 6.07) is 19.3. The number of nitrogens with one attached hydrogen (secondary N) is 1. The molecule has 0 unspecified atom stereocenters. The smallest absolute Gasteiger partial charge is 0.264 e. The van der Waals surface area contributed by atoms with E-state index in [0.717, 1.165) is 47.5 Å². The van der Waals surface area contributed by atoms with Crippen LogP contribution in [-0.4, -0.2) is 43.8 Å². The summed E-state index contributed by atoms with van der Waals surface area (Å²) in [6.45, 7) is 3.43. The highest BCUT2D eigenvalue weighted by atomic mass is 35.5. The number of sulfonamides is 1. The van der Waals surface area contributed by atoms with Gasteiger partial charge in [0.15, 0.2) is 0 Å². The highest BCUT2D eigenvalue weighted by Gasteiger charge is 2.34. The molecule has 224 valence electrons. The molecule has 42 heavy (non-hydrogen) atoms. The Hall–Kier alpha value is -3.07. The van der Waals surface area contributed by atoms with Gasteiger partial charge in [-0.25, -0.2) is 8.42 Å². The molecular weight excluding hydrogens is 593 g/mol. The van der Waals surface area contributed by atoms with Crippen LogP contribution in [0.2, 0.25) is 10.0 Å². The zero-order valence-corrected chi connectivity index (χ0v) is 26.3. The van der Waals surface area contributed by atoms with Gasteiger partial charge < -0.3 is 10.2 Å². The van der Waals surface area contributed by atoms with Gasteiger partial charge in [0.2, 0.25) is 11.8 Å². The first-order valence-electron chi connectivity index (χ1n) is 14.3. The number of hydrogen-bond acceptors (Lipinski definition) is 4. The molecule has 0 saturated heterocycles. The maximum atomic E-state index is 14.3. The molecule has 0 spiro atoms. The second kappa shape index (κ2) is 14.4. The molecule has 0 radical (unpaired) electrons. The average molecular weight is 631 g/mol. The summed E-state index contributed by atoms with van der Waals surface area (Å²) in [5.41, 5.74) is 2.04. The van der Waals surface area contributed by atoms with Crippen molar-refractivity contribution in [1.82, 2.24) is 10.2 Å². The first-order chi connectivity index (χ1) is 20.1. The lowest BCUT2D eigenvalue weighted by Crippen LogP contribution is -2.54. The summed E-state index contributed by atoms with van der Waals surface area (Å²) >= 11 is 12.4. The molecule has 1 aliphatic rings. The highest BCUT2D eigenvalue weighted by Crippen LogP contribution is 2.31. The zero-order valence-electron chi connectivity index (χ0n) is 23.9. The minimum atomic E-state index is -4.19. The van der Waals surface area contributed by atoms with E-state index in [1.807, 2.05) is 38.1 Å². The Kier molecular flexibility index (Phi) is 10.9. The summed E-state index contributed by atoms with van der Waals surface area (Å²) in [5, 5.41) is 3.58. The van der Waals surface area contributed by atoms with Crippen LogP contribution in [0.1, 0.15) is 56.6 Å². The molecular formula is C32H37Cl2N3O4S. The van der Waals surface area contributed by atoms with Crippen LogP contribution in [-0.2, 0) is 26.2 Å². The lowest BCUT2D eigenvalue weighted by atomic mass is 9.95. The number of amides is 2. The Labute approximate surface area is 258 Å². The number of rotatable bonds is 11. The lowest BCUT2D eigenvalue weighted by molar-refractivity contribution is -0.140. The molecule has 3 aromatic rings. The second-order valence-corrected chi connectivity index (χ2v) is 13.3. The Bertz CT molecular complexity index is 1490. The van der Waals surface area contributed by atoms with Gasteiger partial charge >= 0.3 is 0 Å². The molecule has 0 bridgehead atoms. The second-order valence-electron chi connectivity index (χ2n) is 10.6. The third kappa shape index (κ3) is 7.65. The maximum absolute atomic E-state index is 14.3. The molecule has 3 aromatic carbocycles. The van der Waals surface area contributed by atoms with E-state index in [1.54, 1.807) is 18.2 Å². The number of nitrogens with zero attached hydrogens (tertiary/aromatic N) is 2. The van der Waals surface area contributed by atoms with Crippen molar-refractivity contribution in [2.75, 3.05) is 10.8 Å². The van der Waals surface area contributed by atoms with Crippen LogP contribution in [0.5, 0.6) is 0 Å².